The van der Waals surface area contributed by atoms with E-state index >= 15 is 0 Å². The first-order valence-corrected chi connectivity index (χ1v) is 7.36. The largest absolute Gasteiger partial charge is 0.324 e. The number of hydrogen-bond acceptors (Lipinski definition) is 3. The summed E-state index contributed by atoms with van der Waals surface area (Å²) < 4.78 is 14.7. The molecule has 0 bridgehead atoms. The molecule has 3 aromatic rings. The molecule has 1 aromatic carbocycles. The molecule has 0 atom stereocenters. The molecule has 110 valence electrons. The molecule has 0 aliphatic heterocycles. The van der Waals surface area contributed by atoms with E-state index in [-0.39, 0.29) is 11.0 Å². The van der Waals surface area contributed by atoms with Crippen LogP contribution in [0.25, 0.3) is 5.69 Å². The Morgan fingerprint density at radius 3 is 2.50 bits per heavy atom. The maximum Gasteiger partial charge on any atom is 0.271 e. The van der Waals surface area contributed by atoms with Gasteiger partial charge >= 0.3 is 0 Å². The molecule has 0 fully saturated rings. The third kappa shape index (κ3) is 3.29. The highest BCUT2D eigenvalue weighted by atomic mass is 32.1. The number of benzene rings is 1. The lowest BCUT2D eigenvalue weighted by Crippen LogP contribution is -2.17. The second-order valence-corrected chi connectivity index (χ2v) is 5.54. The Kier molecular flexibility index (Phi) is 4.11. The minimum atomic E-state index is -0.313. The normalized spacial score (nSPS) is 11.0. The summed E-state index contributed by atoms with van der Waals surface area (Å²) in [6.45, 7) is 0. The molecule has 22 heavy (non-hydrogen) atoms. The Bertz CT molecular complexity index is 791. The Hall–Kier alpha value is -2.73. The number of nitrogens with zero attached hydrogens (tertiary/aromatic N) is 2. The maximum absolute atomic E-state index is 12.8. The van der Waals surface area contributed by atoms with E-state index in [1.54, 1.807) is 18.2 Å². The van der Waals surface area contributed by atoms with Crippen molar-refractivity contribution < 1.29 is 9.18 Å². The van der Waals surface area contributed by atoms with E-state index in [1.165, 1.54) is 12.3 Å². The predicted molar refractivity (Wildman–Crippen MR) is 85.1 cm³/mol. The zero-order valence-electron chi connectivity index (χ0n) is 11.4. The summed E-state index contributed by atoms with van der Waals surface area (Å²) in [6, 6.07) is 14.0. The van der Waals surface area contributed by atoms with Crippen molar-refractivity contribution in [2.45, 2.75) is 0 Å². The van der Waals surface area contributed by atoms with E-state index in [0.29, 0.717) is 10.4 Å². The number of aromatic nitrogens is 1. The molecule has 1 N–H and O–H groups in total. The Morgan fingerprint density at radius 2 is 1.86 bits per heavy atom. The van der Waals surface area contributed by atoms with Gasteiger partial charge in [-0.15, -0.1) is 11.3 Å². The molecule has 0 unspecified atom stereocenters. The van der Waals surface area contributed by atoms with Gasteiger partial charge in [0.05, 0.1) is 11.1 Å². The van der Waals surface area contributed by atoms with Crippen molar-refractivity contribution in [3.63, 3.8) is 0 Å². The van der Waals surface area contributed by atoms with Crippen molar-refractivity contribution >= 4 is 23.5 Å². The summed E-state index contributed by atoms with van der Waals surface area (Å²) in [6.07, 6.45) is 5.28. The molecule has 2 aromatic heterocycles. The van der Waals surface area contributed by atoms with Crippen molar-refractivity contribution in [2.75, 3.05) is 0 Å². The summed E-state index contributed by atoms with van der Waals surface area (Å²) in [5.74, 6) is -0.313. The van der Waals surface area contributed by atoms with Crippen LogP contribution in [-0.2, 0) is 0 Å². The summed E-state index contributed by atoms with van der Waals surface area (Å²) in [5, 5.41) is 3.53. The van der Waals surface area contributed by atoms with E-state index in [4.69, 9.17) is 0 Å². The lowest BCUT2D eigenvalue weighted by molar-refractivity contribution is 0.0955. The van der Waals surface area contributed by atoms with E-state index < -0.39 is 0 Å². The fourth-order valence-electron chi connectivity index (χ4n) is 1.91. The van der Waals surface area contributed by atoms with Gasteiger partial charge < -0.3 is 4.57 Å². The van der Waals surface area contributed by atoms with Crippen LogP contribution in [0.2, 0.25) is 0 Å². The number of amides is 1. The molecule has 0 spiro atoms. The lowest BCUT2D eigenvalue weighted by Gasteiger charge is -2.04. The minimum Gasteiger partial charge on any atom is -0.324 e. The number of rotatable bonds is 4. The highest BCUT2D eigenvalue weighted by Gasteiger charge is 2.04. The SMILES string of the molecule is O=C(NN=Cc1ccc(F)s1)c1ccc(-n2cccc2)cc1. The third-order valence-electron chi connectivity index (χ3n) is 2.98. The van der Waals surface area contributed by atoms with Gasteiger partial charge in [0.25, 0.3) is 5.91 Å². The molecule has 0 radical (unpaired) electrons. The monoisotopic (exact) mass is 313 g/mol. The van der Waals surface area contributed by atoms with Crippen LogP contribution in [0.1, 0.15) is 15.2 Å². The van der Waals surface area contributed by atoms with Crippen LogP contribution in [0, 0.1) is 5.13 Å². The smallest absolute Gasteiger partial charge is 0.271 e. The average molecular weight is 313 g/mol. The maximum atomic E-state index is 12.8. The first-order chi connectivity index (χ1) is 10.7. The second kappa shape index (κ2) is 6.36. The van der Waals surface area contributed by atoms with Crippen LogP contribution in [0.15, 0.2) is 66.0 Å². The highest BCUT2D eigenvalue weighted by molar-refractivity contribution is 7.12. The standard InChI is InChI=1S/C16H12FN3OS/c17-15-8-7-14(22-15)11-18-19-16(21)12-3-5-13(6-4-12)20-9-1-2-10-20/h1-11H,(H,19,21). The van der Waals surface area contributed by atoms with Crippen LogP contribution in [0.3, 0.4) is 0 Å². The summed E-state index contributed by atoms with van der Waals surface area (Å²) in [4.78, 5) is 12.6. The van der Waals surface area contributed by atoms with E-state index in [0.717, 1.165) is 17.0 Å². The molecule has 0 saturated heterocycles. The number of hydrazone groups is 1. The zero-order chi connectivity index (χ0) is 15.4. The number of carbonyl (C=O) groups excluding carboxylic acids is 1. The number of hydrogen-bond donors (Lipinski definition) is 1. The molecule has 3 rings (SSSR count). The zero-order valence-corrected chi connectivity index (χ0v) is 12.3. The van der Waals surface area contributed by atoms with Gasteiger partial charge in [0.2, 0.25) is 0 Å². The number of nitrogens with one attached hydrogen (secondary N) is 1. The van der Waals surface area contributed by atoms with Crippen LogP contribution >= 0.6 is 11.3 Å². The van der Waals surface area contributed by atoms with Crippen LogP contribution in [-0.4, -0.2) is 16.7 Å². The number of halogens is 1. The van der Waals surface area contributed by atoms with Gasteiger partial charge in [-0.1, -0.05) is 0 Å². The minimum absolute atomic E-state index is 0.284. The third-order valence-corrected chi connectivity index (χ3v) is 3.79. The topological polar surface area (TPSA) is 46.4 Å². The van der Waals surface area contributed by atoms with Crippen LogP contribution in [0.4, 0.5) is 4.39 Å². The average Bonchev–Trinajstić information content (AvgIpc) is 3.19. The van der Waals surface area contributed by atoms with Gasteiger partial charge in [-0.05, 0) is 48.5 Å². The van der Waals surface area contributed by atoms with Crippen molar-refractivity contribution in [1.82, 2.24) is 9.99 Å². The molecule has 1 amide bonds. The Balaban J connectivity index is 1.64. The first-order valence-electron chi connectivity index (χ1n) is 6.54. The van der Waals surface area contributed by atoms with Crippen molar-refractivity contribution in [3.8, 4) is 5.69 Å². The van der Waals surface area contributed by atoms with Gasteiger partial charge in [-0.3, -0.25) is 4.79 Å². The second-order valence-electron chi connectivity index (χ2n) is 4.48. The first kappa shape index (κ1) is 14.2. The molecule has 0 saturated carbocycles. The van der Waals surface area contributed by atoms with E-state index in [9.17, 15) is 9.18 Å². The van der Waals surface area contributed by atoms with E-state index in [2.05, 4.69) is 10.5 Å². The molecular formula is C16H12FN3OS. The fraction of sp³-hybridized carbons (Fsp3) is 0. The molecular weight excluding hydrogens is 301 g/mol. The molecule has 2 heterocycles. The van der Waals surface area contributed by atoms with Gasteiger partial charge in [0.15, 0.2) is 5.13 Å². The van der Waals surface area contributed by atoms with Crippen molar-refractivity contribution in [3.05, 3.63) is 76.5 Å². The number of carbonyl (C=O) groups is 1. The molecule has 0 aliphatic rings. The summed E-state index contributed by atoms with van der Waals surface area (Å²) >= 11 is 0.966. The molecule has 0 aliphatic carbocycles. The van der Waals surface area contributed by atoms with Gasteiger partial charge in [0.1, 0.15) is 0 Å². The lowest BCUT2D eigenvalue weighted by atomic mass is 10.2. The van der Waals surface area contributed by atoms with Crippen LogP contribution in [0.5, 0.6) is 0 Å². The van der Waals surface area contributed by atoms with Crippen LogP contribution < -0.4 is 5.43 Å². The fourth-order valence-corrected chi connectivity index (χ4v) is 2.51. The summed E-state index contributed by atoms with van der Waals surface area (Å²) in [7, 11) is 0. The summed E-state index contributed by atoms with van der Waals surface area (Å²) in [5.41, 5.74) is 3.90. The van der Waals surface area contributed by atoms with Crippen molar-refractivity contribution in [2.24, 2.45) is 5.10 Å². The quantitative estimate of drug-likeness (QED) is 0.582. The Labute approximate surface area is 130 Å². The van der Waals surface area contributed by atoms with Gasteiger partial charge in [-0.25, -0.2) is 5.43 Å². The predicted octanol–water partition coefficient (Wildman–Crippen LogP) is 3.44. The van der Waals surface area contributed by atoms with Gasteiger partial charge in [-0.2, -0.15) is 9.49 Å². The molecule has 4 nitrogen and oxygen atoms in total. The van der Waals surface area contributed by atoms with E-state index in [1.807, 2.05) is 41.2 Å². The van der Waals surface area contributed by atoms with Gasteiger partial charge in [0, 0.05) is 23.6 Å². The Morgan fingerprint density at radius 1 is 1.14 bits per heavy atom. The molecule has 6 heteroatoms. The van der Waals surface area contributed by atoms with Crippen molar-refractivity contribution in [1.29, 1.82) is 0 Å². The highest BCUT2D eigenvalue weighted by Crippen LogP contribution is 2.12. The number of thiophene rings is 1.